The Hall–Kier alpha value is -2.31. The summed E-state index contributed by atoms with van der Waals surface area (Å²) < 4.78 is 44.0. The van der Waals surface area contributed by atoms with Gasteiger partial charge in [0.25, 0.3) is 0 Å². The van der Waals surface area contributed by atoms with Gasteiger partial charge in [0.05, 0.1) is 31.6 Å². The van der Waals surface area contributed by atoms with E-state index in [1.807, 2.05) is 24.3 Å². The number of sulfonamides is 1. The molecule has 1 spiro atoms. The molecule has 0 radical (unpaired) electrons. The number of hydrogen-bond donors (Lipinski definition) is 1. The largest absolute Gasteiger partial charge is 0.497 e. The van der Waals surface area contributed by atoms with Gasteiger partial charge in [-0.25, -0.2) is 12.7 Å². The molecule has 1 aromatic carbocycles. The van der Waals surface area contributed by atoms with E-state index >= 15 is 0 Å². The van der Waals surface area contributed by atoms with E-state index in [4.69, 9.17) is 13.9 Å². The zero-order valence-electron chi connectivity index (χ0n) is 32.7. The number of benzene rings is 1. The van der Waals surface area contributed by atoms with Gasteiger partial charge in [-0.05, 0) is 99.0 Å². The van der Waals surface area contributed by atoms with Crippen molar-refractivity contribution >= 4 is 30.0 Å². The van der Waals surface area contributed by atoms with Gasteiger partial charge in [0.1, 0.15) is 11.5 Å². The lowest BCUT2D eigenvalue weighted by Gasteiger charge is -2.40. The number of ether oxygens (including phenoxy) is 2. The van der Waals surface area contributed by atoms with Crippen LogP contribution >= 0.6 is 0 Å². The number of fused-ring (bicyclic) bond motifs is 1. The molecule has 3 fully saturated rings. The van der Waals surface area contributed by atoms with Crippen LogP contribution in [0.4, 0.5) is 0 Å². The van der Waals surface area contributed by atoms with Crippen LogP contribution < -0.4 is 4.74 Å². The van der Waals surface area contributed by atoms with Crippen molar-refractivity contribution in [3.63, 3.8) is 0 Å². The second kappa shape index (κ2) is 17.2. The van der Waals surface area contributed by atoms with Crippen LogP contribution in [0, 0.1) is 22.7 Å². The number of aliphatic hydroxyl groups is 1. The average Bonchev–Trinajstić information content (AvgIpc) is 3.52. The molecular formula is C40H65NO8SSi. The fraction of sp³-hybridized carbons (Fsp3) is 0.700. The Kier molecular flexibility index (Phi) is 14.6. The van der Waals surface area contributed by atoms with Gasteiger partial charge in [0.2, 0.25) is 15.9 Å². The number of carbonyl (C=O) groups excluding carboxylic acids is 2. The Labute approximate surface area is 309 Å². The van der Waals surface area contributed by atoms with Crippen molar-refractivity contribution in [2.75, 3.05) is 19.5 Å². The predicted molar refractivity (Wildman–Crippen MR) is 206 cm³/mol. The van der Waals surface area contributed by atoms with Gasteiger partial charge in [0.15, 0.2) is 8.32 Å². The van der Waals surface area contributed by atoms with Crippen molar-refractivity contribution in [2.24, 2.45) is 22.7 Å². The molecule has 1 amide bonds. The first-order valence-corrected chi connectivity index (χ1v) is 23.0. The molecular weight excluding hydrogens is 683 g/mol. The summed E-state index contributed by atoms with van der Waals surface area (Å²) in [5, 5.41) is 10.8. The number of methoxy groups -OCH3 is 1. The summed E-state index contributed by atoms with van der Waals surface area (Å²) in [4.78, 5) is 24.3. The number of carbonyl (C=O) groups is 2. The van der Waals surface area contributed by atoms with Crippen molar-refractivity contribution < 1.29 is 37.0 Å². The second-order valence-corrected chi connectivity index (χ2v) is 23.5. The number of amides is 1. The topological polar surface area (TPSA) is 119 Å². The standard InChI is InChI=1S/C25H42O5Si.C15H23NO3S/c1-9-10-23(19(2)26)24(27)17-22(30-31(7,8)25(3,4)5)15-16-29-18-20-11-13-21(28-6)14-12-20;1-4-5-6-13(17)16-12-9-11-7-8-15(12,14(11,2)3)10-20(16,18)19/h9,11-14,22-24,27H,1,10,15-18H2,2-8H3;4,11-12H,1,5-10H2,2-3H3/t22-,23-,24-;11?,12?,15-/m11/s1. The van der Waals surface area contributed by atoms with Crippen molar-refractivity contribution in [2.45, 2.75) is 136 Å². The minimum Gasteiger partial charge on any atom is -0.497 e. The highest BCUT2D eigenvalue weighted by molar-refractivity contribution is 7.90. The number of Topliss-reactive ketones (excluding diaryl/α,β-unsaturated/α-hetero) is 1. The minimum atomic E-state index is -3.44. The molecule has 1 N–H and O–H groups in total. The first kappa shape index (κ1) is 43.1. The molecule has 0 aromatic heterocycles. The van der Waals surface area contributed by atoms with Gasteiger partial charge in [0, 0.05) is 30.5 Å². The first-order chi connectivity index (χ1) is 23.7. The first-order valence-electron chi connectivity index (χ1n) is 18.5. The smallest absolute Gasteiger partial charge is 0.238 e. The number of nitrogens with zero attached hydrogens (tertiary/aromatic N) is 1. The molecule has 11 heteroatoms. The zero-order chi connectivity index (χ0) is 38.4. The molecule has 1 aliphatic heterocycles. The average molecular weight is 748 g/mol. The quantitative estimate of drug-likeness (QED) is 0.0973. The molecule has 51 heavy (non-hydrogen) atoms. The molecule has 4 rings (SSSR count). The molecule has 9 nitrogen and oxygen atoms in total. The van der Waals surface area contributed by atoms with E-state index in [-0.39, 0.29) is 51.9 Å². The van der Waals surface area contributed by atoms with E-state index in [1.54, 1.807) is 19.3 Å². The third-order valence-corrected chi connectivity index (χ3v) is 18.9. The maximum absolute atomic E-state index is 12.5. The maximum Gasteiger partial charge on any atom is 0.238 e. The highest BCUT2D eigenvalue weighted by Gasteiger charge is 2.72. The molecule has 1 saturated heterocycles. The van der Waals surface area contributed by atoms with Crippen LogP contribution in [0.1, 0.15) is 98.5 Å². The lowest BCUT2D eigenvalue weighted by molar-refractivity contribution is -0.129. The summed E-state index contributed by atoms with van der Waals surface area (Å²) in [6, 6.07) is 7.70. The lowest BCUT2D eigenvalue weighted by Crippen LogP contribution is -2.45. The molecule has 2 aliphatic carbocycles. The number of aliphatic hydroxyl groups excluding tert-OH is 1. The second-order valence-electron chi connectivity index (χ2n) is 16.9. The Morgan fingerprint density at radius 1 is 1.14 bits per heavy atom. The lowest BCUT2D eigenvalue weighted by atomic mass is 9.69. The summed E-state index contributed by atoms with van der Waals surface area (Å²) in [5.74, 6) is 0.832. The zero-order valence-corrected chi connectivity index (χ0v) is 34.5. The van der Waals surface area contributed by atoms with Crippen molar-refractivity contribution in [3.8, 4) is 5.75 Å². The maximum atomic E-state index is 12.5. The fourth-order valence-corrected chi connectivity index (χ4v) is 12.1. The monoisotopic (exact) mass is 747 g/mol. The van der Waals surface area contributed by atoms with E-state index < -0.39 is 30.4 Å². The summed E-state index contributed by atoms with van der Waals surface area (Å²) in [7, 11) is -3.83. The van der Waals surface area contributed by atoms with Crippen LogP contribution in [0.5, 0.6) is 5.75 Å². The third-order valence-electron chi connectivity index (χ3n) is 12.4. The van der Waals surface area contributed by atoms with Crippen LogP contribution in [0.3, 0.4) is 0 Å². The molecule has 1 heterocycles. The Balaban J connectivity index is 0.000000299. The van der Waals surface area contributed by atoms with Gasteiger partial charge < -0.3 is 19.0 Å². The van der Waals surface area contributed by atoms with Gasteiger partial charge >= 0.3 is 0 Å². The SMILES string of the molecule is C=CCCC(=O)N1C2CC3CC[C@]2(CS1(=O)=O)C3(C)C.C=CC[C@H](C(C)=O)[C@H](O)C[C@@H](CCOCc1ccc(OC)cc1)O[Si](C)(C)C(C)(C)C. The van der Waals surface area contributed by atoms with E-state index in [0.29, 0.717) is 44.8 Å². The normalized spacial score (nSPS) is 24.9. The van der Waals surface area contributed by atoms with Crippen LogP contribution in [-0.2, 0) is 35.4 Å². The number of rotatable bonds is 17. The summed E-state index contributed by atoms with van der Waals surface area (Å²) >= 11 is 0. The summed E-state index contributed by atoms with van der Waals surface area (Å²) in [5.41, 5.74) is 0.892. The highest BCUT2D eigenvalue weighted by Crippen LogP contribution is 2.70. The molecule has 1 aromatic rings. The third kappa shape index (κ3) is 9.82. The van der Waals surface area contributed by atoms with E-state index in [9.17, 15) is 23.1 Å². The number of ketones is 1. The number of allylic oxidation sites excluding steroid dienone is 2. The Morgan fingerprint density at radius 2 is 1.78 bits per heavy atom. The van der Waals surface area contributed by atoms with Gasteiger partial charge in [-0.15, -0.1) is 13.2 Å². The van der Waals surface area contributed by atoms with Crippen molar-refractivity contribution in [3.05, 3.63) is 55.1 Å². The van der Waals surface area contributed by atoms with Gasteiger partial charge in [-0.1, -0.05) is 58.9 Å². The molecule has 2 unspecified atom stereocenters. The van der Waals surface area contributed by atoms with E-state index in [2.05, 4.69) is 60.9 Å². The van der Waals surface area contributed by atoms with E-state index in [1.165, 1.54) is 11.2 Å². The Bertz CT molecular complexity index is 1470. The molecule has 288 valence electrons. The molecule has 3 aliphatic rings. The van der Waals surface area contributed by atoms with Gasteiger partial charge in [-0.3, -0.25) is 9.59 Å². The number of hydrogen-bond acceptors (Lipinski definition) is 8. The highest BCUT2D eigenvalue weighted by atomic mass is 32.2. The summed E-state index contributed by atoms with van der Waals surface area (Å²) in [6.07, 6.45) is 7.67. The van der Waals surface area contributed by atoms with E-state index in [0.717, 1.165) is 30.6 Å². The molecule has 6 atom stereocenters. The van der Waals surface area contributed by atoms with Crippen molar-refractivity contribution in [1.82, 2.24) is 4.31 Å². The van der Waals surface area contributed by atoms with Crippen molar-refractivity contribution in [1.29, 1.82) is 0 Å². The fourth-order valence-electron chi connectivity index (χ4n) is 8.11. The van der Waals surface area contributed by atoms with Crippen LogP contribution in [0.25, 0.3) is 0 Å². The predicted octanol–water partition coefficient (Wildman–Crippen LogP) is 7.84. The molecule has 2 saturated carbocycles. The Morgan fingerprint density at radius 3 is 2.31 bits per heavy atom. The van der Waals surface area contributed by atoms with Gasteiger partial charge in [-0.2, -0.15) is 0 Å². The van der Waals surface area contributed by atoms with Crippen LogP contribution in [-0.4, -0.2) is 75.6 Å². The molecule has 2 bridgehead atoms. The van der Waals surface area contributed by atoms with Crippen LogP contribution in [0.2, 0.25) is 18.1 Å². The minimum absolute atomic E-state index is 0.0192. The summed E-state index contributed by atoms with van der Waals surface area (Å²) in [6.45, 7) is 25.3. The van der Waals surface area contributed by atoms with Crippen LogP contribution in [0.15, 0.2) is 49.6 Å².